The molecular weight excluding hydrogens is 259 g/mol. The zero-order valence-corrected chi connectivity index (χ0v) is 10.2. The van der Waals surface area contributed by atoms with E-state index in [4.69, 9.17) is 0 Å². The van der Waals surface area contributed by atoms with Gasteiger partial charge in [0.2, 0.25) is 0 Å². The molecule has 2 rings (SSSR count). The Labute approximate surface area is 107 Å². The van der Waals surface area contributed by atoms with Gasteiger partial charge in [0.05, 0.1) is 5.71 Å². The molecule has 0 radical (unpaired) electrons. The number of rotatable bonds is 2. The molecule has 0 saturated heterocycles. The Morgan fingerprint density at radius 1 is 1.32 bits per heavy atom. The van der Waals surface area contributed by atoms with E-state index in [0.717, 1.165) is 31.3 Å². The number of nitrogens with zero attached hydrogens (tertiary/aromatic N) is 2. The number of hydrogen-bond acceptors (Lipinski definition) is 3. The third-order valence-electron chi connectivity index (χ3n) is 2.82. The molecule has 0 atom stereocenters. The molecule has 19 heavy (non-hydrogen) atoms. The van der Waals surface area contributed by atoms with Gasteiger partial charge in [0, 0.05) is 25.7 Å². The summed E-state index contributed by atoms with van der Waals surface area (Å²) >= 11 is 0. The number of carbonyl (C=O) groups excluding carboxylic acids is 1. The molecule has 1 N–H and O–H groups in total. The number of hydrogen-bond donors (Lipinski definition) is 1. The monoisotopic (exact) mass is 271 g/mol. The quantitative estimate of drug-likeness (QED) is 0.893. The van der Waals surface area contributed by atoms with Crippen molar-refractivity contribution in [1.82, 2.24) is 5.43 Å². The van der Waals surface area contributed by atoms with Crippen LogP contribution in [0.15, 0.2) is 29.4 Å². The van der Waals surface area contributed by atoms with E-state index in [1.165, 1.54) is 12.1 Å². The number of halogens is 3. The Kier molecular flexibility index (Phi) is 3.46. The van der Waals surface area contributed by atoms with Crippen molar-refractivity contribution in [3.8, 4) is 0 Å². The predicted molar refractivity (Wildman–Crippen MR) is 65.1 cm³/mol. The zero-order valence-electron chi connectivity index (χ0n) is 10.2. The topological polar surface area (TPSA) is 44.7 Å². The number of carbonyl (C=O) groups is 1. The standard InChI is InChI=1S/C12H12F3N3O/c1-18(11(19)12(13,14)15)9-4-2-8(3-5-9)10-6-7-16-17-10/h2-5,16H,6-7H2,1H3. The first-order chi connectivity index (χ1) is 8.89. The number of nitrogens with one attached hydrogen (secondary N) is 1. The Bertz CT molecular complexity index is 508. The molecule has 0 fully saturated rings. The van der Waals surface area contributed by atoms with E-state index in [2.05, 4.69) is 10.5 Å². The Morgan fingerprint density at radius 2 is 1.95 bits per heavy atom. The second-order valence-corrected chi connectivity index (χ2v) is 4.13. The van der Waals surface area contributed by atoms with Crippen LogP contribution in [0.5, 0.6) is 0 Å². The molecule has 0 bridgehead atoms. The van der Waals surface area contributed by atoms with Crippen molar-refractivity contribution in [3.63, 3.8) is 0 Å². The van der Waals surface area contributed by atoms with E-state index in [-0.39, 0.29) is 5.69 Å². The van der Waals surface area contributed by atoms with Crippen molar-refractivity contribution in [2.75, 3.05) is 18.5 Å². The fraction of sp³-hybridized carbons (Fsp3) is 0.333. The van der Waals surface area contributed by atoms with Gasteiger partial charge < -0.3 is 10.3 Å². The lowest BCUT2D eigenvalue weighted by atomic mass is 10.1. The lowest BCUT2D eigenvalue weighted by molar-refractivity contribution is -0.170. The van der Waals surface area contributed by atoms with Crippen molar-refractivity contribution in [2.45, 2.75) is 12.6 Å². The fourth-order valence-electron chi connectivity index (χ4n) is 1.78. The smallest absolute Gasteiger partial charge is 0.309 e. The van der Waals surface area contributed by atoms with Gasteiger partial charge in [0.1, 0.15) is 0 Å². The van der Waals surface area contributed by atoms with Crippen LogP contribution in [-0.2, 0) is 4.79 Å². The molecule has 0 unspecified atom stereocenters. The van der Waals surface area contributed by atoms with Crippen LogP contribution in [0.4, 0.5) is 18.9 Å². The van der Waals surface area contributed by atoms with Crippen LogP contribution in [0.2, 0.25) is 0 Å². The predicted octanol–water partition coefficient (Wildman–Crippen LogP) is 1.91. The molecule has 1 aliphatic heterocycles. The molecule has 0 aromatic heterocycles. The average molecular weight is 271 g/mol. The van der Waals surface area contributed by atoms with E-state index in [1.54, 1.807) is 12.1 Å². The first kappa shape index (κ1) is 13.4. The Hall–Kier alpha value is -2.05. The minimum Gasteiger partial charge on any atom is -0.309 e. The third-order valence-corrected chi connectivity index (χ3v) is 2.82. The molecule has 0 spiro atoms. The second-order valence-electron chi connectivity index (χ2n) is 4.13. The molecule has 0 saturated carbocycles. The van der Waals surface area contributed by atoms with Crippen LogP contribution in [0.25, 0.3) is 0 Å². The Morgan fingerprint density at radius 3 is 2.42 bits per heavy atom. The van der Waals surface area contributed by atoms with Crippen molar-refractivity contribution in [3.05, 3.63) is 29.8 Å². The number of alkyl halides is 3. The van der Waals surface area contributed by atoms with Crippen LogP contribution in [0.1, 0.15) is 12.0 Å². The summed E-state index contributed by atoms with van der Waals surface area (Å²) in [5.41, 5.74) is 4.71. The molecule has 1 heterocycles. The molecule has 1 amide bonds. The van der Waals surface area contributed by atoms with Crippen LogP contribution in [-0.4, -0.2) is 31.4 Å². The molecule has 0 aliphatic carbocycles. The fourth-order valence-corrected chi connectivity index (χ4v) is 1.78. The maximum Gasteiger partial charge on any atom is 0.471 e. The lowest BCUT2D eigenvalue weighted by Crippen LogP contribution is -2.38. The van der Waals surface area contributed by atoms with E-state index in [1.807, 2.05) is 0 Å². The molecule has 1 aliphatic rings. The van der Waals surface area contributed by atoms with Gasteiger partial charge in [0.15, 0.2) is 0 Å². The summed E-state index contributed by atoms with van der Waals surface area (Å²) in [4.78, 5) is 11.7. The third kappa shape index (κ3) is 2.86. The highest BCUT2D eigenvalue weighted by Crippen LogP contribution is 2.23. The Balaban J connectivity index is 2.16. The number of benzene rings is 1. The van der Waals surface area contributed by atoms with Gasteiger partial charge in [-0.25, -0.2) is 0 Å². The maximum absolute atomic E-state index is 12.3. The van der Waals surface area contributed by atoms with Gasteiger partial charge >= 0.3 is 12.1 Å². The molecule has 1 aromatic rings. The van der Waals surface area contributed by atoms with Crippen molar-refractivity contribution in [1.29, 1.82) is 0 Å². The summed E-state index contributed by atoms with van der Waals surface area (Å²) in [6, 6.07) is 6.25. The minimum absolute atomic E-state index is 0.192. The highest BCUT2D eigenvalue weighted by Gasteiger charge is 2.41. The van der Waals surface area contributed by atoms with E-state index >= 15 is 0 Å². The largest absolute Gasteiger partial charge is 0.471 e. The normalized spacial score (nSPS) is 14.8. The summed E-state index contributed by atoms with van der Waals surface area (Å²) in [6.45, 7) is 0.754. The van der Waals surface area contributed by atoms with Gasteiger partial charge in [-0.05, 0) is 17.7 Å². The molecule has 1 aromatic carbocycles. The van der Waals surface area contributed by atoms with Crippen molar-refractivity contribution < 1.29 is 18.0 Å². The highest BCUT2D eigenvalue weighted by atomic mass is 19.4. The van der Waals surface area contributed by atoms with Gasteiger partial charge in [-0.2, -0.15) is 18.3 Å². The summed E-state index contributed by atoms with van der Waals surface area (Å²) in [6.07, 6.45) is -4.09. The lowest BCUT2D eigenvalue weighted by Gasteiger charge is -2.18. The van der Waals surface area contributed by atoms with Crippen molar-refractivity contribution in [2.24, 2.45) is 5.10 Å². The van der Waals surface area contributed by atoms with Gasteiger partial charge in [0.25, 0.3) is 0 Å². The average Bonchev–Trinajstić information content (AvgIpc) is 2.90. The number of hydrazone groups is 1. The van der Waals surface area contributed by atoms with E-state index < -0.39 is 12.1 Å². The SMILES string of the molecule is CN(C(=O)C(F)(F)F)c1ccc(C2=NNCC2)cc1. The first-order valence-electron chi connectivity index (χ1n) is 5.64. The van der Waals surface area contributed by atoms with Gasteiger partial charge in [-0.15, -0.1) is 0 Å². The highest BCUT2D eigenvalue weighted by molar-refractivity contribution is 6.02. The first-order valence-corrected chi connectivity index (χ1v) is 5.64. The maximum atomic E-state index is 12.3. The van der Waals surface area contributed by atoms with Crippen LogP contribution < -0.4 is 10.3 Å². The van der Waals surface area contributed by atoms with Crippen LogP contribution in [0, 0.1) is 0 Å². The summed E-state index contributed by atoms with van der Waals surface area (Å²) in [5, 5.41) is 4.06. The van der Waals surface area contributed by atoms with Crippen molar-refractivity contribution >= 4 is 17.3 Å². The van der Waals surface area contributed by atoms with Gasteiger partial charge in [-0.1, -0.05) is 12.1 Å². The molecule has 7 heteroatoms. The second kappa shape index (κ2) is 4.91. The molecular formula is C12H12F3N3O. The number of anilines is 1. The summed E-state index contributed by atoms with van der Waals surface area (Å²) in [7, 11) is 1.10. The van der Waals surface area contributed by atoms with Gasteiger partial charge in [-0.3, -0.25) is 4.79 Å². The minimum atomic E-state index is -4.87. The molecule has 102 valence electrons. The number of amides is 1. The van der Waals surface area contributed by atoms with E-state index in [9.17, 15) is 18.0 Å². The van der Waals surface area contributed by atoms with E-state index in [0.29, 0.717) is 4.90 Å². The zero-order chi connectivity index (χ0) is 14.0. The van der Waals surface area contributed by atoms with Crippen LogP contribution >= 0.6 is 0 Å². The summed E-state index contributed by atoms with van der Waals surface area (Å²) < 4.78 is 36.9. The van der Waals surface area contributed by atoms with Crippen LogP contribution in [0.3, 0.4) is 0 Å². The summed E-state index contributed by atoms with van der Waals surface area (Å²) in [5.74, 6) is -1.89. The molecule has 4 nitrogen and oxygen atoms in total.